The summed E-state index contributed by atoms with van der Waals surface area (Å²) in [4.78, 5) is 0. The van der Waals surface area contributed by atoms with Crippen LogP contribution < -0.4 is 12.4 Å². The van der Waals surface area contributed by atoms with Crippen LogP contribution in [-0.4, -0.2) is 60.3 Å². The Balaban J connectivity index is 0. The van der Waals surface area contributed by atoms with Gasteiger partial charge < -0.3 is 30.2 Å². The lowest BCUT2D eigenvalue weighted by molar-refractivity contribution is -0.890. The van der Waals surface area contributed by atoms with E-state index in [4.69, 9.17) is 13.3 Å². The molecule has 0 aliphatic rings. The Hall–Kier alpha value is 0.347. The van der Waals surface area contributed by atoms with Crippen molar-refractivity contribution in [3.8, 4) is 0 Å². The lowest BCUT2D eigenvalue weighted by Crippen LogP contribution is -3.00. The lowest BCUT2D eigenvalue weighted by Gasteiger charge is -2.30. The second kappa shape index (κ2) is 30.8. The number of hydrogen-bond acceptors (Lipinski definition) is 3. The Bertz CT molecular complexity index is 479. The van der Waals surface area contributed by atoms with Gasteiger partial charge in [0.05, 0.1) is 27.2 Å². The van der Waals surface area contributed by atoms with E-state index in [2.05, 4.69) is 21.0 Å². The molecule has 0 bridgehead atoms. The van der Waals surface area contributed by atoms with Crippen LogP contribution in [0.25, 0.3) is 0 Å². The van der Waals surface area contributed by atoms with Crippen molar-refractivity contribution >= 4 is 8.80 Å². The molecule has 0 saturated carbocycles. The van der Waals surface area contributed by atoms with E-state index in [1.165, 1.54) is 152 Å². The number of nitrogens with zero attached hydrogens (tertiary/aromatic N) is 1. The van der Waals surface area contributed by atoms with Crippen LogP contribution in [0.5, 0.6) is 0 Å². The maximum atomic E-state index is 5.98. The van der Waals surface area contributed by atoms with Gasteiger partial charge in [0.15, 0.2) is 0 Å². The zero-order valence-electron chi connectivity index (χ0n) is 28.3. The van der Waals surface area contributed by atoms with Gasteiger partial charge in [-0.3, -0.25) is 0 Å². The predicted molar refractivity (Wildman–Crippen MR) is 175 cm³/mol. The Morgan fingerprint density at radius 3 is 0.975 bits per heavy atom. The molecule has 0 aliphatic heterocycles. The monoisotopic (exact) mass is 608 g/mol. The maximum absolute atomic E-state index is 5.98. The van der Waals surface area contributed by atoms with Crippen molar-refractivity contribution in [2.45, 2.75) is 175 Å². The summed E-state index contributed by atoms with van der Waals surface area (Å²) in [5.41, 5.74) is 0. The van der Waals surface area contributed by atoms with Crippen LogP contribution in [0.2, 0.25) is 6.04 Å². The third-order valence-electron chi connectivity index (χ3n) is 8.21. The van der Waals surface area contributed by atoms with Crippen molar-refractivity contribution in [3.63, 3.8) is 0 Å². The Morgan fingerprint density at radius 1 is 0.400 bits per heavy atom. The second-order valence-electron chi connectivity index (χ2n) is 12.5. The number of quaternary nitrogens is 1. The van der Waals surface area contributed by atoms with Gasteiger partial charge in [-0.25, -0.2) is 0 Å². The highest BCUT2D eigenvalue weighted by Gasteiger charge is 2.39. The molecule has 6 heteroatoms. The number of halogens is 1. The fraction of sp³-hybridized carbons (Fsp3) is 1.00. The van der Waals surface area contributed by atoms with E-state index < -0.39 is 8.80 Å². The van der Waals surface area contributed by atoms with Crippen LogP contribution in [0.15, 0.2) is 0 Å². The standard InChI is InChI=1S/C34H74NO3Si.ClH/c1-7-11-12-13-14-15-16-17-18-19-20-21-22-23-26-29-32-35(5,6)33-30-27-24-25-28-31-34-39(36-8-2,37-9-3)38-10-4;/h7-34H2,1-6H3;1H/q+1;/p-1. The molecule has 4 nitrogen and oxygen atoms in total. The summed E-state index contributed by atoms with van der Waals surface area (Å²) in [5, 5.41) is 0. The third-order valence-corrected chi connectivity index (χ3v) is 11.4. The molecule has 0 radical (unpaired) electrons. The zero-order valence-corrected chi connectivity index (χ0v) is 30.1. The van der Waals surface area contributed by atoms with Gasteiger partial charge in [0.25, 0.3) is 0 Å². The lowest BCUT2D eigenvalue weighted by atomic mass is 10.0. The summed E-state index contributed by atoms with van der Waals surface area (Å²) >= 11 is 0. The van der Waals surface area contributed by atoms with Gasteiger partial charge in [0.2, 0.25) is 0 Å². The summed E-state index contributed by atoms with van der Waals surface area (Å²) in [6, 6.07) is 0.964. The van der Waals surface area contributed by atoms with Gasteiger partial charge in [-0.1, -0.05) is 116 Å². The van der Waals surface area contributed by atoms with Crippen molar-refractivity contribution in [2.24, 2.45) is 0 Å². The first-order chi connectivity index (χ1) is 18.9. The molecule has 0 heterocycles. The van der Waals surface area contributed by atoms with Crippen LogP contribution in [0.3, 0.4) is 0 Å². The fourth-order valence-electron chi connectivity index (χ4n) is 5.79. The smallest absolute Gasteiger partial charge is 0.500 e. The molecule has 40 heavy (non-hydrogen) atoms. The molecule has 0 atom stereocenters. The van der Waals surface area contributed by atoms with E-state index in [0.29, 0.717) is 19.8 Å². The first kappa shape index (κ1) is 42.5. The summed E-state index contributed by atoms with van der Waals surface area (Å²) in [7, 11) is 2.43. The van der Waals surface area contributed by atoms with Gasteiger partial charge in [-0.05, 0) is 52.9 Å². The normalized spacial score (nSPS) is 12.2. The molecule has 0 aromatic heterocycles. The second-order valence-corrected chi connectivity index (χ2v) is 15.3. The maximum Gasteiger partial charge on any atom is 0.500 e. The van der Waals surface area contributed by atoms with Crippen molar-refractivity contribution in [3.05, 3.63) is 0 Å². The number of rotatable bonds is 32. The highest BCUT2D eigenvalue weighted by atomic mass is 35.5. The topological polar surface area (TPSA) is 27.7 Å². The average molecular weight is 609 g/mol. The number of hydrogen-bond donors (Lipinski definition) is 0. The van der Waals surface area contributed by atoms with E-state index in [0.717, 1.165) is 12.5 Å². The average Bonchev–Trinajstić information content (AvgIpc) is 2.90. The van der Waals surface area contributed by atoms with E-state index in [1.54, 1.807) is 0 Å². The van der Waals surface area contributed by atoms with E-state index in [9.17, 15) is 0 Å². The largest absolute Gasteiger partial charge is 1.00 e. The van der Waals surface area contributed by atoms with Gasteiger partial charge in [0.1, 0.15) is 0 Å². The van der Waals surface area contributed by atoms with Crippen molar-refractivity contribution in [2.75, 3.05) is 47.0 Å². The summed E-state index contributed by atoms with van der Waals surface area (Å²) in [6.07, 6.45) is 31.0. The minimum Gasteiger partial charge on any atom is -1.00 e. The summed E-state index contributed by atoms with van der Waals surface area (Å²) < 4.78 is 19.1. The molecular formula is C34H74ClNO3Si. The molecule has 0 aliphatic carbocycles. The molecule has 0 unspecified atom stereocenters. The van der Waals surface area contributed by atoms with Gasteiger partial charge >= 0.3 is 8.80 Å². The van der Waals surface area contributed by atoms with Crippen molar-refractivity contribution in [1.82, 2.24) is 0 Å². The van der Waals surface area contributed by atoms with Crippen molar-refractivity contribution in [1.29, 1.82) is 0 Å². The molecule has 0 aromatic carbocycles. The zero-order chi connectivity index (χ0) is 28.9. The minimum atomic E-state index is -2.44. The summed E-state index contributed by atoms with van der Waals surface area (Å²) in [5.74, 6) is 0. The quantitative estimate of drug-likeness (QED) is 0.0445. The van der Waals surface area contributed by atoms with Gasteiger partial charge in [-0.2, -0.15) is 0 Å². The molecule has 0 fully saturated rings. The number of unbranched alkanes of at least 4 members (excludes halogenated alkanes) is 20. The van der Waals surface area contributed by atoms with Crippen molar-refractivity contribution < 1.29 is 30.2 Å². The first-order valence-corrected chi connectivity index (χ1v) is 19.6. The van der Waals surface area contributed by atoms with Crippen LogP contribution in [0.1, 0.15) is 169 Å². The molecular weight excluding hydrogens is 534 g/mol. The first-order valence-electron chi connectivity index (χ1n) is 17.7. The summed E-state index contributed by atoms with van der Waals surface area (Å²) in [6.45, 7) is 13.1. The third kappa shape index (κ3) is 27.2. The Kier molecular flexibility index (Phi) is 32.7. The molecule has 0 saturated heterocycles. The highest BCUT2D eigenvalue weighted by Crippen LogP contribution is 2.21. The van der Waals surface area contributed by atoms with Gasteiger partial charge in [-0.15, -0.1) is 0 Å². The van der Waals surface area contributed by atoms with E-state index >= 15 is 0 Å². The van der Waals surface area contributed by atoms with Gasteiger partial charge in [0, 0.05) is 25.9 Å². The highest BCUT2D eigenvalue weighted by molar-refractivity contribution is 6.60. The molecule has 0 N–H and O–H groups in total. The molecule has 0 spiro atoms. The Morgan fingerprint density at radius 2 is 0.675 bits per heavy atom. The molecule has 0 rings (SSSR count). The molecule has 0 amide bonds. The van der Waals surface area contributed by atoms with E-state index in [-0.39, 0.29) is 12.4 Å². The Labute approximate surface area is 260 Å². The molecule has 244 valence electrons. The molecule has 0 aromatic rings. The van der Waals surface area contributed by atoms with E-state index in [1.807, 2.05) is 20.8 Å². The predicted octanol–water partition coefficient (Wildman–Crippen LogP) is 7.72. The van der Waals surface area contributed by atoms with Crippen LogP contribution in [0, 0.1) is 0 Å². The van der Waals surface area contributed by atoms with Crippen LogP contribution in [0.4, 0.5) is 0 Å². The van der Waals surface area contributed by atoms with Crippen LogP contribution in [-0.2, 0) is 13.3 Å². The SMILES string of the molecule is CCCCCCCCCCCCCCCCCC[N+](C)(C)CCCCCCCC[Si](OCC)(OCC)OCC.[Cl-]. The fourth-order valence-corrected chi connectivity index (χ4v) is 8.47. The minimum absolute atomic E-state index is 0. The van der Waals surface area contributed by atoms with Crippen LogP contribution >= 0.6 is 0 Å².